The fraction of sp³-hybridized carbons (Fsp3) is 0.278. The molecule has 25 heavy (non-hydrogen) atoms. The summed E-state index contributed by atoms with van der Waals surface area (Å²) < 4.78 is 5.64. The summed E-state index contributed by atoms with van der Waals surface area (Å²) >= 11 is 6.20. The Morgan fingerprint density at radius 3 is 2.68 bits per heavy atom. The average molecular weight is 357 g/mol. The van der Waals surface area contributed by atoms with Crippen molar-refractivity contribution >= 4 is 34.4 Å². The van der Waals surface area contributed by atoms with E-state index in [9.17, 15) is 4.79 Å². The van der Waals surface area contributed by atoms with Gasteiger partial charge in [-0.2, -0.15) is 0 Å². The number of oxazole rings is 1. The Bertz CT molecular complexity index is 870. The van der Waals surface area contributed by atoms with E-state index in [-0.39, 0.29) is 12.3 Å². The first-order valence-corrected chi connectivity index (χ1v) is 8.56. The fourth-order valence-corrected chi connectivity index (χ4v) is 3.26. The summed E-state index contributed by atoms with van der Waals surface area (Å²) in [7, 11) is 0. The van der Waals surface area contributed by atoms with Crippen molar-refractivity contribution in [2.24, 2.45) is 0 Å². The summed E-state index contributed by atoms with van der Waals surface area (Å²) in [6.45, 7) is 2.67. The number of aromatic nitrogens is 2. The quantitative estimate of drug-likeness (QED) is 0.722. The molecule has 2 aromatic heterocycles. The van der Waals surface area contributed by atoms with Gasteiger partial charge in [-0.05, 0) is 24.3 Å². The number of carbonyl (C=O) groups is 1. The Balaban J connectivity index is 1.39. The Kier molecular flexibility index (Phi) is 4.28. The van der Waals surface area contributed by atoms with Crippen LogP contribution in [0, 0.1) is 0 Å². The molecule has 0 aliphatic carbocycles. The highest BCUT2D eigenvalue weighted by Crippen LogP contribution is 2.23. The molecule has 0 unspecified atom stereocenters. The van der Waals surface area contributed by atoms with E-state index >= 15 is 0 Å². The number of carbonyl (C=O) groups excluding carboxylic acids is 1. The van der Waals surface area contributed by atoms with Crippen molar-refractivity contribution in [2.45, 2.75) is 6.42 Å². The van der Waals surface area contributed by atoms with E-state index in [0.29, 0.717) is 42.7 Å². The molecule has 0 bridgehead atoms. The molecule has 0 atom stereocenters. The van der Waals surface area contributed by atoms with Gasteiger partial charge in [0.1, 0.15) is 17.8 Å². The largest absolute Gasteiger partial charge is 0.440 e. The second-order valence-corrected chi connectivity index (χ2v) is 6.34. The summed E-state index contributed by atoms with van der Waals surface area (Å²) in [6.07, 6.45) is 1.91. The molecule has 1 aliphatic heterocycles. The minimum Gasteiger partial charge on any atom is -0.440 e. The number of para-hydroxylation sites is 2. The molecular weight excluding hydrogens is 340 g/mol. The van der Waals surface area contributed by atoms with Crippen LogP contribution in [0.15, 0.2) is 47.0 Å². The third-order valence-electron chi connectivity index (χ3n) is 4.31. The number of hydrogen-bond acceptors (Lipinski definition) is 5. The predicted octanol–water partition coefficient (Wildman–Crippen LogP) is 2.77. The molecule has 0 saturated carbocycles. The first kappa shape index (κ1) is 15.9. The molecule has 1 saturated heterocycles. The van der Waals surface area contributed by atoms with E-state index < -0.39 is 0 Å². The highest BCUT2D eigenvalue weighted by molar-refractivity contribution is 6.32. The van der Waals surface area contributed by atoms with Crippen LogP contribution in [-0.4, -0.2) is 47.0 Å². The lowest BCUT2D eigenvalue weighted by Gasteiger charge is -2.35. The van der Waals surface area contributed by atoms with Crippen molar-refractivity contribution in [2.75, 3.05) is 31.1 Å². The Hall–Kier alpha value is -2.60. The first-order valence-electron chi connectivity index (χ1n) is 8.18. The molecule has 3 aromatic rings. The molecule has 1 aromatic carbocycles. The highest BCUT2D eigenvalue weighted by atomic mass is 35.5. The molecule has 0 spiro atoms. The van der Waals surface area contributed by atoms with E-state index in [1.54, 1.807) is 6.20 Å². The maximum atomic E-state index is 12.5. The maximum Gasteiger partial charge on any atom is 0.232 e. The van der Waals surface area contributed by atoms with Crippen molar-refractivity contribution < 1.29 is 9.21 Å². The molecule has 1 aliphatic rings. The van der Waals surface area contributed by atoms with Gasteiger partial charge in [0.2, 0.25) is 11.8 Å². The van der Waals surface area contributed by atoms with E-state index in [2.05, 4.69) is 14.9 Å². The first-order chi connectivity index (χ1) is 12.2. The predicted molar refractivity (Wildman–Crippen MR) is 95.8 cm³/mol. The van der Waals surface area contributed by atoms with Crippen molar-refractivity contribution in [1.29, 1.82) is 0 Å². The van der Waals surface area contributed by atoms with Crippen molar-refractivity contribution in [1.82, 2.24) is 14.9 Å². The van der Waals surface area contributed by atoms with Crippen molar-refractivity contribution in [3.05, 3.63) is 53.5 Å². The van der Waals surface area contributed by atoms with Crippen molar-refractivity contribution in [3.63, 3.8) is 0 Å². The van der Waals surface area contributed by atoms with Crippen LogP contribution in [0.5, 0.6) is 0 Å². The van der Waals surface area contributed by atoms with Gasteiger partial charge in [0.05, 0.1) is 5.02 Å². The molecule has 3 heterocycles. The Labute approximate surface area is 150 Å². The topological polar surface area (TPSA) is 62.5 Å². The van der Waals surface area contributed by atoms with Crippen LogP contribution >= 0.6 is 11.6 Å². The van der Waals surface area contributed by atoms with Crippen LogP contribution in [0.1, 0.15) is 5.89 Å². The molecule has 6 nitrogen and oxygen atoms in total. The Morgan fingerprint density at radius 1 is 1.12 bits per heavy atom. The lowest BCUT2D eigenvalue weighted by Crippen LogP contribution is -2.49. The van der Waals surface area contributed by atoms with E-state index in [1.807, 2.05) is 41.3 Å². The number of benzene rings is 1. The molecular formula is C18H17ClN4O2. The van der Waals surface area contributed by atoms with Crippen LogP contribution < -0.4 is 4.90 Å². The second-order valence-electron chi connectivity index (χ2n) is 5.93. The van der Waals surface area contributed by atoms with Gasteiger partial charge in [0.15, 0.2) is 5.58 Å². The van der Waals surface area contributed by atoms with Crippen LogP contribution in [0.25, 0.3) is 11.1 Å². The lowest BCUT2D eigenvalue weighted by atomic mass is 10.2. The van der Waals surface area contributed by atoms with Gasteiger partial charge < -0.3 is 14.2 Å². The van der Waals surface area contributed by atoms with Gasteiger partial charge in [0, 0.05) is 32.4 Å². The van der Waals surface area contributed by atoms with Gasteiger partial charge in [0.25, 0.3) is 0 Å². The van der Waals surface area contributed by atoms with Gasteiger partial charge in [-0.1, -0.05) is 23.7 Å². The van der Waals surface area contributed by atoms with Crippen LogP contribution in [0.3, 0.4) is 0 Å². The summed E-state index contributed by atoms with van der Waals surface area (Å²) in [6, 6.07) is 11.2. The number of anilines is 1. The smallest absolute Gasteiger partial charge is 0.232 e. The number of hydrogen-bond donors (Lipinski definition) is 0. The zero-order valence-electron chi connectivity index (χ0n) is 13.6. The van der Waals surface area contributed by atoms with Gasteiger partial charge in [-0.25, -0.2) is 9.97 Å². The van der Waals surface area contributed by atoms with E-state index in [0.717, 1.165) is 11.3 Å². The van der Waals surface area contributed by atoms with Gasteiger partial charge in [-0.3, -0.25) is 4.79 Å². The molecule has 0 radical (unpaired) electrons. The number of rotatable bonds is 3. The molecule has 0 N–H and O–H groups in total. The van der Waals surface area contributed by atoms with E-state index in [1.165, 1.54) is 0 Å². The monoisotopic (exact) mass is 356 g/mol. The maximum absolute atomic E-state index is 12.5. The number of fused-ring (bicyclic) bond motifs is 1. The summed E-state index contributed by atoms with van der Waals surface area (Å²) in [5.41, 5.74) is 1.49. The normalized spacial score (nSPS) is 14.9. The van der Waals surface area contributed by atoms with Crippen LogP contribution in [0.2, 0.25) is 5.02 Å². The fourth-order valence-electron chi connectivity index (χ4n) is 3.01. The Morgan fingerprint density at radius 2 is 1.92 bits per heavy atom. The number of piperazine rings is 1. The summed E-state index contributed by atoms with van der Waals surface area (Å²) in [4.78, 5) is 25.2. The third-order valence-corrected chi connectivity index (χ3v) is 4.61. The standard InChI is InChI=1S/C18H17ClN4O2/c19-13-4-3-7-20-18(13)23-10-8-22(9-11-23)17(24)12-16-21-14-5-1-2-6-15(14)25-16/h1-7H,8-12H2. The minimum atomic E-state index is 0.0262. The number of pyridine rings is 1. The number of amides is 1. The highest BCUT2D eigenvalue weighted by Gasteiger charge is 2.24. The number of halogens is 1. The molecule has 1 amide bonds. The molecule has 1 fully saturated rings. The SMILES string of the molecule is O=C(Cc1nc2ccccc2o1)N1CCN(c2ncccc2Cl)CC1. The van der Waals surface area contributed by atoms with Gasteiger partial charge in [-0.15, -0.1) is 0 Å². The van der Waals surface area contributed by atoms with Crippen LogP contribution in [-0.2, 0) is 11.2 Å². The van der Waals surface area contributed by atoms with Crippen LogP contribution in [0.4, 0.5) is 5.82 Å². The number of nitrogens with zero attached hydrogens (tertiary/aromatic N) is 4. The van der Waals surface area contributed by atoms with E-state index in [4.69, 9.17) is 16.0 Å². The minimum absolute atomic E-state index is 0.0262. The summed E-state index contributed by atoms with van der Waals surface area (Å²) in [5.74, 6) is 1.26. The second kappa shape index (κ2) is 6.72. The lowest BCUT2D eigenvalue weighted by molar-refractivity contribution is -0.131. The third kappa shape index (κ3) is 3.30. The average Bonchev–Trinajstić information content (AvgIpc) is 3.04. The zero-order chi connectivity index (χ0) is 17.2. The van der Waals surface area contributed by atoms with Crippen molar-refractivity contribution in [3.8, 4) is 0 Å². The zero-order valence-corrected chi connectivity index (χ0v) is 14.3. The molecule has 7 heteroatoms. The van der Waals surface area contributed by atoms with Gasteiger partial charge >= 0.3 is 0 Å². The molecule has 4 rings (SSSR count). The summed E-state index contributed by atoms with van der Waals surface area (Å²) in [5, 5.41) is 0.633. The molecule has 128 valence electrons.